The molecule has 1 aliphatic carbocycles. The first-order chi connectivity index (χ1) is 10.6. The van der Waals surface area contributed by atoms with Crippen LogP contribution in [0, 0.1) is 13.8 Å². The zero-order chi connectivity index (χ0) is 15.7. The lowest BCUT2D eigenvalue weighted by molar-refractivity contribution is -0.121. The van der Waals surface area contributed by atoms with Gasteiger partial charge in [0.05, 0.1) is 17.9 Å². The summed E-state index contributed by atoms with van der Waals surface area (Å²) in [6.07, 6.45) is 6.11. The number of nitrogens with one attached hydrogen (secondary N) is 1. The minimum atomic E-state index is 0.0710. The standard InChI is InChI=1S/C16H22N4O2/c1-10-12(11(2)22-19-10)7-8-16(21)18-14-5-4-6-15-13(14)9-17-20(15)3/h9,14H,4-8H2,1-3H3,(H,18,21). The lowest BCUT2D eigenvalue weighted by Gasteiger charge is -2.23. The van der Waals surface area contributed by atoms with E-state index >= 15 is 0 Å². The van der Waals surface area contributed by atoms with E-state index in [1.807, 2.05) is 31.8 Å². The highest BCUT2D eigenvalue weighted by atomic mass is 16.5. The molecule has 22 heavy (non-hydrogen) atoms. The van der Waals surface area contributed by atoms with Crippen LogP contribution in [0.1, 0.15) is 53.6 Å². The predicted octanol–water partition coefficient (Wildman–Crippen LogP) is 2.15. The molecule has 1 amide bonds. The van der Waals surface area contributed by atoms with Crippen LogP contribution in [0.4, 0.5) is 0 Å². The third-order valence-corrected chi connectivity index (χ3v) is 4.49. The monoisotopic (exact) mass is 302 g/mol. The number of carbonyl (C=O) groups is 1. The van der Waals surface area contributed by atoms with E-state index in [0.717, 1.165) is 36.3 Å². The van der Waals surface area contributed by atoms with Crippen molar-refractivity contribution in [2.24, 2.45) is 7.05 Å². The number of aryl methyl sites for hydroxylation is 3. The molecule has 0 radical (unpaired) electrons. The first-order valence-corrected chi connectivity index (χ1v) is 7.78. The number of carbonyl (C=O) groups excluding carboxylic acids is 1. The maximum atomic E-state index is 12.3. The van der Waals surface area contributed by atoms with Crippen molar-refractivity contribution >= 4 is 5.91 Å². The first kappa shape index (κ1) is 14.8. The fourth-order valence-corrected chi connectivity index (χ4v) is 3.22. The van der Waals surface area contributed by atoms with Crippen LogP contribution in [0.5, 0.6) is 0 Å². The maximum Gasteiger partial charge on any atom is 0.220 e. The molecular formula is C16H22N4O2. The van der Waals surface area contributed by atoms with Crippen LogP contribution in [-0.2, 0) is 24.7 Å². The van der Waals surface area contributed by atoms with E-state index in [-0.39, 0.29) is 11.9 Å². The third kappa shape index (κ3) is 2.77. The number of aromatic nitrogens is 3. The third-order valence-electron chi connectivity index (χ3n) is 4.49. The summed E-state index contributed by atoms with van der Waals surface area (Å²) in [4.78, 5) is 12.3. The number of hydrogen-bond acceptors (Lipinski definition) is 4. The van der Waals surface area contributed by atoms with E-state index in [2.05, 4.69) is 15.6 Å². The molecule has 2 aromatic rings. The van der Waals surface area contributed by atoms with E-state index in [1.165, 1.54) is 11.3 Å². The summed E-state index contributed by atoms with van der Waals surface area (Å²) in [7, 11) is 1.96. The van der Waals surface area contributed by atoms with Crippen LogP contribution in [-0.4, -0.2) is 20.8 Å². The van der Waals surface area contributed by atoms with Gasteiger partial charge in [-0.25, -0.2) is 0 Å². The molecule has 0 spiro atoms. The number of nitrogens with zero attached hydrogens (tertiary/aromatic N) is 3. The minimum Gasteiger partial charge on any atom is -0.361 e. The van der Waals surface area contributed by atoms with Gasteiger partial charge in [-0.3, -0.25) is 9.48 Å². The molecule has 0 fully saturated rings. The second kappa shape index (κ2) is 5.94. The van der Waals surface area contributed by atoms with Crippen LogP contribution < -0.4 is 5.32 Å². The van der Waals surface area contributed by atoms with Crippen molar-refractivity contribution in [2.75, 3.05) is 0 Å². The molecule has 6 nitrogen and oxygen atoms in total. The van der Waals surface area contributed by atoms with Crippen molar-refractivity contribution in [1.82, 2.24) is 20.3 Å². The molecule has 1 atom stereocenters. The van der Waals surface area contributed by atoms with Crippen LogP contribution in [0.25, 0.3) is 0 Å². The molecule has 2 heterocycles. The van der Waals surface area contributed by atoms with Gasteiger partial charge in [0.25, 0.3) is 0 Å². The van der Waals surface area contributed by atoms with E-state index < -0.39 is 0 Å². The number of fused-ring (bicyclic) bond motifs is 1. The molecule has 0 bridgehead atoms. The Bertz CT molecular complexity index is 667. The van der Waals surface area contributed by atoms with Crippen molar-refractivity contribution in [1.29, 1.82) is 0 Å². The number of hydrogen-bond donors (Lipinski definition) is 1. The largest absolute Gasteiger partial charge is 0.361 e. The lowest BCUT2D eigenvalue weighted by atomic mass is 9.93. The van der Waals surface area contributed by atoms with Crippen LogP contribution in [0.15, 0.2) is 10.7 Å². The van der Waals surface area contributed by atoms with Crippen LogP contribution in [0.3, 0.4) is 0 Å². The summed E-state index contributed by atoms with van der Waals surface area (Å²) in [5.41, 5.74) is 4.32. The second-order valence-electron chi connectivity index (χ2n) is 5.99. The predicted molar refractivity (Wildman–Crippen MR) is 81.3 cm³/mol. The highest BCUT2D eigenvalue weighted by molar-refractivity contribution is 5.76. The topological polar surface area (TPSA) is 73.0 Å². The van der Waals surface area contributed by atoms with Gasteiger partial charge in [-0.2, -0.15) is 5.10 Å². The molecule has 1 unspecified atom stereocenters. The molecule has 3 rings (SSSR count). The van der Waals surface area contributed by atoms with E-state index in [4.69, 9.17) is 4.52 Å². The van der Waals surface area contributed by atoms with E-state index in [9.17, 15) is 4.79 Å². The fraction of sp³-hybridized carbons (Fsp3) is 0.562. The highest BCUT2D eigenvalue weighted by Crippen LogP contribution is 2.29. The van der Waals surface area contributed by atoms with Gasteiger partial charge in [-0.1, -0.05) is 5.16 Å². The van der Waals surface area contributed by atoms with Gasteiger partial charge in [0.15, 0.2) is 0 Å². The molecule has 0 aliphatic heterocycles. The molecule has 1 N–H and O–H groups in total. The number of amides is 1. The van der Waals surface area contributed by atoms with Gasteiger partial charge >= 0.3 is 0 Å². The van der Waals surface area contributed by atoms with E-state index in [0.29, 0.717) is 12.8 Å². The van der Waals surface area contributed by atoms with Crippen molar-refractivity contribution in [2.45, 2.75) is 52.0 Å². The van der Waals surface area contributed by atoms with Gasteiger partial charge in [0, 0.05) is 30.3 Å². The smallest absolute Gasteiger partial charge is 0.220 e. The van der Waals surface area contributed by atoms with Crippen LogP contribution in [0.2, 0.25) is 0 Å². The normalized spacial score (nSPS) is 17.3. The molecular weight excluding hydrogens is 280 g/mol. The van der Waals surface area contributed by atoms with Crippen molar-refractivity contribution in [3.63, 3.8) is 0 Å². The Hall–Kier alpha value is -2.11. The zero-order valence-electron chi connectivity index (χ0n) is 13.3. The highest BCUT2D eigenvalue weighted by Gasteiger charge is 2.24. The Morgan fingerprint density at radius 3 is 3.05 bits per heavy atom. The van der Waals surface area contributed by atoms with Gasteiger partial charge in [0.2, 0.25) is 5.91 Å². The average Bonchev–Trinajstić information content (AvgIpc) is 3.02. The minimum absolute atomic E-state index is 0.0710. The van der Waals surface area contributed by atoms with Gasteiger partial charge in [-0.05, 0) is 39.5 Å². The Morgan fingerprint density at radius 2 is 2.32 bits per heavy atom. The molecule has 1 aliphatic rings. The van der Waals surface area contributed by atoms with Gasteiger partial charge in [0.1, 0.15) is 5.76 Å². The Balaban J connectivity index is 1.61. The van der Waals surface area contributed by atoms with Crippen molar-refractivity contribution < 1.29 is 9.32 Å². The van der Waals surface area contributed by atoms with Gasteiger partial charge in [-0.15, -0.1) is 0 Å². The fourth-order valence-electron chi connectivity index (χ4n) is 3.22. The van der Waals surface area contributed by atoms with Crippen molar-refractivity contribution in [3.05, 3.63) is 34.5 Å². The molecule has 2 aromatic heterocycles. The summed E-state index contributed by atoms with van der Waals surface area (Å²) in [6.45, 7) is 3.79. The second-order valence-corrected chi connectivity index (χ2v) is 5.99. The van der Waals surface area contributed by atoms with Gasteiger partial charge < -0.3 is 9.84 Å². The van der Waals surface area contributed by atoms with Crippen molar-refractivity contribution in [3.8, 4) is 0 Å². The summed E-state index contributed by atoms with van der Waals surface area (Å²) >= 11 is 0. The lowest BCUT2D eigenvalue weighted by Crippen LogP contribution is -2.31. The Kier molecular flexibility index (Phi) is 4.00. The summed E-state index contributed by atoms with van der Waals surface area (Å²) in [5, 5.41) is 11.4. The first-order valence-electron chi connectivity index (χ1n) is 7.78. The van der Waals surface area contributed by atoms with Crippen LogP contribution >= 0.6 is 0 Å². The summed E-state index contributed by atoms with van der Waals surface area (Å²) in [6, 6.07) is 0.0922. The SMILES string of the molecule is Cc1noc(C)c1CCC(=O)NC1CCCc2c1cnn2C. The maximum absolute atomic E-state index is 12.3. The molecule has 118 valence electrons. The van der Waals surface area contributed by atoms with E-state index in [1.54, 1.807) is 0 Å². The number of rotatable bonds is 4. The Labute approximate surface area is 129 Å². The zero-order valence-corrected chi connectivity index (χ0v) is 13.3. The quantitative estimate of drug-likeness (QED) is 0.939. The average molecular weight is 302 g/mol. The Morgan fingerprint density at radius 1 is 1.50 bits per heavy atom. The molecule has 0 aromatic carbocycles. The molecule has 0 saturated carbocycles. The molecule has 6 heteroatoms. The molecule has 0 saturated heterocycles. The summed E-state index contributed by atoms with van der Waals surface area (Å²) in [5.74, 6) is 0.874. The summed E-state index contributed by atoms with van der Waals surface area (Å²) < 4.78 is 7.05.